The standard InChI is InChI=1S/C16H15N3O2/c1-9-10(2)19-15(18)13(8-17)14(9)11-4-6-12(7-5-11)16(20)21-3/h4-7H,1-3H3,(H2,18,19)/p+1. The number of aryl methyl sites for hydroxylation is 1. The number of methoxy groups -OCH3 is 1. The predicted octanol–water partition coefficient (Wildman–Crippen LogP) is 2.03. The van der Waals surface area contributed by atoms with E-state index < -0.39 is 5.97 Å². The van der Waals surface area contributed by atoms with Crippen LogP contribution in [0.5, 0.6) is 0 Å². The van der Waals surface area contributed by atoms with Crippen molar-refractivity contribution >= 4 is 11.8 Å². The molecule has 0 saturated carbocycles. The molecular formula is C16H16N3O2+. The average molecular weight is 282 g/mol. The van der Waals surface area contributed by atoms with E-state index in [2.05, 4.69) is 15.8 Å². The van der Waals surface area contributed by atoms with Crippen molar-refractivity contribution in [3.8, 4) is 17.2 Å². The van der Waals surface area contributed by atoms with Crippen molar-refractivity contribution in [1.82, 2.24) is 0 Å². The Morgan fingerprint density at radius 2 is 1.90 bits per heavy atom. The molecule has 0 aliphatic heterocycles. The number of nitriles is 1. The first-order valence-corrected chi connectivity index (χ1v) is 6.40. The van der Waals surface area contributed by atoms with Crippen LogP contribution in [-0.2, 0) is 4.74 Å². The van der Waals surface area contributed by atoms with Gasteiger partial charge in [-0.1, -0.05) is 12.1 Å². The highest BCUT2D eigenvalue weighted by atomic mass is 16.5. The van der Waals surface area contributed by atoms with Gasteiger partial charge in [0, 0.05) is 11.1 Å². The molecule has 2 rings (SSSR count). The molecule has 0 aliphatic carbocycles. The largest absolute Gasteiger partial charge is 0.465 e. The van der Waals surface area contributed by atoms with Gasteiger partial charge in [-0.25, -0.2) is 9.78 Å². The van der Waals surface area contributed by atoms with Crippen LogP contribution in [0.3, 0.4) is 0 Å². The highest BCUT2D eigenvalue weighted by Gasteiger charge is 2.19. The van der Waals surface area contributed by atoms with E-state index in [0.717, 1.165) is 22.4 Å². The Kier molecular flexibility index (Phi) is 3.90. The molecule has 0 fully saturated rings. The molecule has 5 nitrogen and oxygen atoms in total. The van der Waals surface area contributed by atoms with Gasteiger partial charge in [-0.05, 0) is 31.5 Å². The van der Waals surface area contributed by atoms with Crippen LogP contribution in [0.2, 0.25) is 0 Å². The first-order valence-electron chi connectivity index (χ1n) is 6.40. The zero-order valence-corrected chi connectivity index (χ0v) is 12.2. The molecule has 0 bridgehead atoms. The van der Waals surface area contributed by atoms with Crippen molar-refractivity contribution in [2.45, 2.75) is 13.8 Å². The van der Waals surface area contributed by atoms with Crippen LogP contribution >= 0.6 is 0 Å². The van der Waals surface area contributed by atoms with Crippen molar-refractivity contribution in [2.24, 2.45) is 0 Å². The van der Waals surface area contributed by atoms with Crippen LogP contribution in [0.1, 0.15) is 27.2 Å². The summed E-state index contributed by atoms with van der Waals surface area (Å²) in [6.45, 7) is 3.83. The number of nitrogens with zero attached hydrogens (tertiary/aromatic N) is 1. The molecule has 1 heterocycles. The summed E-state index contributed by atoms with van der Waals surface area (Å²) in [6.07, 6.45) is 0. The van der Waals surface area contributed by atoms with Crippen molar-refractivity contribution in [1.29, 1.82) is 5.26 Å². The third-order valence-electron chi connectivity index (χ3n) is 3.49. The lowest BCUT2D eigenvalue weighted by molar-refractivity contribution is -0.370. The maximum Gasteiger partial charge on any atom is 0.337 e. The molecule has 0 atom stereocenters. The summed E-state index contributed by atoms with van der Waals surface area (Å²) in [5.41, 5.74) is 10.2. The highest BCUT2D eigenvalue weighted by molar-refractivity contribution is 5.90. The fraction of sp³-hybridized carbons (Fsp3) is 0.188. The number of benzene rings is 1. The molecule has 1 aromatic heterocycles. The Labute approximate surface area is 123 Å². The molecule has 0 unspecified atom stereocenters. The van der Waals surface area contributed by atoms with Gasteiger partial charge in [0.1, 0.15) is 17.3 Å². The summed E-state index contributed by atoms with van der Waals surface area (Å²) in [5, 5.41) is 9.33. The quantitative estimate of drug-likeness (QED) is 0.853. The first kappa shape index (κ1) is 14.5. The SMILES string of the molecule is COC(=O)c1ccc(-c2c(C)c(C)[nH+]c(N)c2C#N)cc1. The van der Waals surface area contributed by atoms with Gasteiger partial charge in [0.05, 0.1) is 12.7 Å². The second kappa shape index (κ2) is 5.63. The van der Waals surface area contributed by atoms with Crippen molar-refractivity contribution in [3.05, 3.63) is 46.6 Å². The number of carbonyl (C=O) groups is 1. The summed E-state index contributed by atoms with van der Waals surface area (Å²) < 4.78 is 4.67. The zero-order valence-electron chi connectivity index (χ0n) is 12.2. The van der Waals surface area contributed by atoms with Gasteiger partial charge in [0.2, 0.25) is 0 Å². The van der Waals surface area contributed by atoms with Crippen molar-refractivity contribution in [2.75, 3.05) is 12.8 Å². The number of ether oxygens (including phenoxy) is 1. The van der Waals surface area contributed by atoms with E-state index in [0.29, 0.717) is 16.9 Å². The van der Waals surface area contributed by atoms with Gasteiger partial charge in [-0.15, -0.1) is 0 Å². The fourth-order valence-electron chi connectivity index (χ4n) is 2.24. The number of pyridine rings is 1. The molecule has 0 saturated heterocycles. The molecule has 106 valence electrons. The number of aromatic nitrogens is 1. The fourth-order valence-corrected chi connectivity index (χ4v) is 2.24. The van der Waals surface area contributed by atoms with E-state index in [1.165, 1.54) is 7.11 Å². The second-order valence-corrected chi connectivity index (χ2v) is 4.72. The molecule has 0 spiro atoms. The number of nitrogens with one attached hydrogen (secondary N) is 1. The van der Waals surface area contributed by atoms with Gasteiger partial charge >= 0.3 is 5.97 Å². The molecule has 5 heteroatoms. The minimum Gasteiger partial charge on any atom is -0.465 e. The van der Waals surface area contributed by atoms with Gasteiger partial charge < -0.3 is 4.74 Å². The lowest BCUT2D eigenvalue weighted by Gasteiger charge is -2.10. The number of anilines is 1. The number of rotatable bonds is 2. The van der Waals surface area contributed by atoms with E-state index in [9.17, 15) is 10.1 Å². The van der Waals surface area contributed by atoms with Gasteiger partial charge in [-0.3, -0.25) is 5.73 Å². The Balaban J connectivity index is 2.62. The predicted molar refractivity (Wildman–Crippen MR) is 78.4 cm³/mol. The minimum atomic E-state index is -0.393. The maximum atomic E-state index is 11.5. The van der Waals surface area contributed by atoms with Crippen LogP contribution < -0.4 is 10.7 Å². The van der Waals surface area contributed by atoms with E-state index in [-0.39, 0.29) is 0 Å². The number of nitrogens with two attached hydrogens (primary N) is 1. The van der Waals surface area contributed by atoms with Crippen LogP contribution in [0.25, 0.3) is 11.1 Å². The first-order chi connectivity index (χ1) is 9.99. The summed E-state index contributed by atoms with van der Waals surface area (Å²) in [6, 6.07) is 9.04. The second-order valence-electron chi connectivity index (χ2n) is 4.72. The number of aromatic amines is 1. The molecule has 0 radical (unpaired) electrons. The number of H-pyrrole nitrogens is 1. The minimum absolute atomic E-state index is 0.340. The number of hydrogen-bond donors (Lipinski definition) is 1. The average Bonchev–Trinajstić information content (AvgIpc) is 2.50. The molecule has 0 aliphatic rings. The smallest absolute Gasteiger partial charge is 0.337 e. The van der Waals surface area contributed by atoms with E-state index in [1.54, 1.807) is 24.3 Å². The lowest BCUT2D eigenvalue weighted by atomic mass is 9.94. The topological polar surface area (TPSA) is 90.2 Å². The van der Waals surface area contributed by atoms with Crippen LogP contribution in [0.15, 0.2) is 24.3 Å². The van der Waals surface area contributed by atoms with Crippen LogP contribution in [-0.4, -0.2) is 13.1 Å². The maximum absolute atomic E-state index is 11.5. The Morgan fingerprint density at radius 1 is 1.29 bits per heavy atom. The van der Waals surface area contributed by atoms with Gasteiger partial charge in [0.15, 0.2) is 0 Å². The van der Waals surface area contributed by atoms with Crippen molar-refractivity contribution in [3.63, 3.8) is 0 Å². The van der Waals surface area contributed by atoms with Crippen LogP contribution in [0.4, 0.5) is 5.82 Å². The summed E-state index contributed by atoms with van der Waals surface area (Å²) in [4.78, 5) is 14.4. The monoisotopic (exact) mass is 282 g/mol. The van der Waals surface area contributed by atoms with Gasteiger partial charge in [0.25, 0.3) is 5.82 Å². The summed E-state index contributed by atoms with van der Waals surface area (Å²) >= 11 is 0. The van der Waals surface area contributed by atoms with E-state index >= 15 is 0 Å². The van der Waals surface area contributed by atoms with Crippen LogP contribution in [0, 0.1) is 25.2 Å². The lowest BCUT2D eigenvalue weighted by Crippen LogP contribution is -2.18. The number of hydrogen-bond acceptors (Lipinski definition) is 4. The molecule has 3 N–H and O–H groups in total. The summed E-state index contributed by atoms with van der Waals surface area (Å²) in [5.74, 6) is -0.0523. The number of carbonyl (C=O) groups excluding carboxylic acids is 1. The van der Waals surface area contributed by atoms with E-state index in [1.807, 2.05) is 13.8 Å². The summed E-state index contributed by atoms with van der Waals surface area (Å²) in [7, 11) is 1.34. The Bertz CT molecular complexity index is 744. The molecule has 1 aromatic carbocycles. The third kappa shape index (κ3) is 2.56. The third-order valence-corrected chi connectivity index (χ3v) is 3.49. The Morgan fingerprint density at radius 3 is 2.43 bits per heavy atom. The number of nitrogen functional groups attached to an aromatic ring is 1. The molecular weight excluding hydrogens is 266 g/mol. The van der Waals surface area contributed by atoms with Crippen molar-refractivity contribution < 1.29 is 14.5 Å². The van der Waals surface area contributed by atoms with E-state index in [4.69, 9.17) is 5.73 Å². The Hall–Kier alpha value is -2.87. The highest BCUT2D eigenvalue weighted by Crippen LogP contribution is 2.30. The van der Waals surface area contributed by atoms with Gasteiger partial charge in [-0.2, -0.15) is 5.26 Å². The molecule has 2 aromatic rings. The normalized spacial score (nSPS) is 10.0. The number of esters is 1. The zero-order chi connectivity index (χ0) is 15.6. The molecule has 0 amide bonds. The molecule has 21 heavy (non-hydrogen) atoms.